The molecule has 0 radical (unpaired) electrons. The van der Waals surface area contributed by atoms with E-state index < -0.39 is 24.0 Å². The van der Waals surface area contributed by atoms with Crippen molar-refractivity contribution in [3.63, 3.8) is 0 Å². The van der Waals surface area contributed by atoms with Crippen molar-refractivity contribution in [3.8, 4) is 0 Å². The molecule has 10 heteroatoms. The Balaban J connectivity index is 1.76. The van der Waals surface area contributed by atoms with Gasteiger partial charge in [0.2, 0.25) is 5.91 Å². The van der Waals surface area contributed by atoms with Crippen molar-refractivity contribution in [2.24, 2.45) is 23.7 Å². The second-order valence-electron chi connectivity index (χ2n) is 14.7. The van der Waals surface area contributed by atoms with Crippen LogP contribution in [0.15, 0.2) is 47.6 Å². The zero-order chi connectivity index (χ0) is 38.1. The van der Waals surface area contributed by atoms with Gasteiger partial charge in [-0.1, -0.05) is 64.2 Å². The molecule has 2 aliphatic heterocycles. The van der Waals surface area contributed by atoms with E-state index in [1.165, 1.54) is 11.8 Å². The highest BCUT2D eigenvalue weighted by molar-refractivity contribution is 5.85. The van der Waals surface area contributed by atoms with Crippen LogP contribution in [-0.2, 0) is 38.2 Å². The molecule has 2 heterocycles. The van der Waals surface area contributed by atoms with Gasteiger partial charge >= 0.3 is 5.97 Å². The Morgan fingerprint density at radius 1 is 0.961 bits per heavy atom. The first-order chi connectivity index (χ1) is 24.2. The largest absolute Gasteiger partial charge is 0.464 e. The maximum absolute atomic E-state index is 12.9. The zero-order valence-electron chi connectivity index (χ0n) is 32.2. The van der Waals surface area contributed by atoms with E-state index >= 15 is 0 Å². The molecule has 0 aromatic rings. The Morgan fingerprint density at radius 3 is 2.35 bits per heavy atom. The number of allylic oxidation sites excluding steroid dienone is 6. The molecule has 2 rings (SSSR count). The summed E-state index contributed by atoms with van der Waals surface area (Å²) in [6, 6.07) is -0.596. The highest BCUT2D eigenvalue weighted by Crippen LogP contribution is 2.28. The number of hydrogen-bond acceptors (Lipinski definition) is 9. The number of ether oxygens (including phenoxy) is 3. The summed E-state index contributed by atoms with van der Waals surface area (Å²) in [7, 11) is 1.69. The van der Waals surface area contributed by atoms with E-state index in [1.54, 1.807) is 27.0 Å². The number of aliphatic hydroxyl groups is 1. The van der Waals surface area contributed by atoms with Crippen LogP contribution in [-0.4, -0.2) is 90.5 Å². The summed E-state index contributed by atoms with van der Waals surface area (Å²) in [5, 5.41) is 10.7. The third-order valence-corrected chi connectivity index (χ3v) is 10.3. The predicted octanol–water partition coefficient (Wildman–Crippen LogP) is 6.30. The van der Waals surface area contributed by atoms with E-state index in [0.29, 0.717) is 31.4 Å². The van der Waals surface area contributed by atoms with Gasteiger partial charge in [0.15, 0.2) is 0 Å². The van der Waals surface area contributed by atoms with Gasteiger partial charge in [0.1, 0.15) is 30.0 Å². The minimum absolute atomic E-state index is 0.00283. The summed E-state index contributed by atoms with van der Waals surface area (Å²) >= 11 is 0. The number of amides is 1. The number of ketones is 2. The number of likely N-dealkylation sites (tertiary alicyclic amines) is 1. The Hall–Kier alpha value is -3.21. The summed E-state index contributed by atoms with van der Waals surface area (Å²) in [4.78, 5) is 62.9. The van der Waals surface area contributed by atoms with Crippen LogP contribution in [0.4, 0.5) is 0 Å². The lowest BCUT2D eigenvalue weighted by atomic mass is 9.89. The number of aliphatic hydroxyl groups excluding tert-OH is 1. The number of esters is 1. The summed E-state index contributed by atoms with van der Waals surface area (Å²) < 4.78 is 17.0. The Labute approximate surface area is 305 Å². The van der Waals surface area contributed by atoms with Gasteiger partial charge in [-0.05, 0) is 75.4 Å². The molecule has 0 aromatic carbocycles. The molecule has 0 aliphatic carbocycles. The molecule has 0 saturated carbocycles. The van der Waals surface area contributed by atoms with Gasteiger partial charge < -0.3 is 29.0 Å². The number of methoxy groups -OCH3 is 1. The smallest absolute Gasteiger partial charge is 0.328 e. The molecule has 2 aliphatic rings. The minimum Gasteiger partial charge on any atom is -0.464 e. The van der Waals surface area contributed by atoms with Gasteiger partial charge in [0.05, 0.1) is 24.9 Å². The van der Waals surface area contributed by atoms with Crippen molar-refractivity contribution < 1.29 is 43.3 Å². The molecule has 9 atom stereocenters. The molecule has 0 aromatic heterocycles. The fourth-order valence-corrected chi connectivity index (χ4v) is 6.76. The average molecular weight is 714 g/mol. The van der Waals surface area contributed by atoms with Crippen LogP contribution in [0.3, 0.4) is 0 Å². The number of nitrogens with zero attached hydrogens (tertiary/aromatic N) is 1. The highest BCUT2D eigenvalue weighted by atomic mass is 16.5. The minimum atomic E-state index is -0.990. The first-order valence-corrected chi connectivity index (χ1v) is 18.7. The van der Waals surface area contributed by atoms with Gasteiger partial charge in [0.25, 0.3) is 0 Å². The van der Waals surface area contributed by atoms with Crippen molar-refractivity contribution in [3.05, 3.63) is 47.6 Å². The SMILES string of the molecule is COC(CC1CCC(C)C(C=O)O1)/C(C)=C/C=C/C=C/[C@@H](C)CC(C)C(=O)CC(O)/C(C)=C/C(C)C(=O)CCOC(=O)C1CCCCN1C(C)=O. The fraction of sp³-hybridized carbons (Fsp3) is 0.683. The topological polar surface area (TPSA) is 137 Å². The molecule has 2 fully saturated rings. The van der Waals surface area contributed by atoms with Crippen LogP contribution in [0.25, 0.3) is 0 Å². The van der Waals surface area contributed by atoms with Gasteiger partial charge in [-0.25, -0.2) is 4.79 Å². The second kappa shape index (κ2) is 22.7. The van der Waals surface area contributed by atoms with Gasteiger partial charge in [-0.15, -0.1) is 0 Å². The Morgan fingerprint density at radius 2 is 1.69 bits per heavy atom. The lowest BCUT2D eigenvalue weighted by Crippen LogP contribution is -2.47. The van der Waals surface area contributed by atoms with Gasteiger partial charge in [-0.3, -0.25) is 14.4 Å². The number of carbonyl (C=O) groups is 5. The number of Topliss-reactive ketones (excluding diaryl/α,β-unsaturated/α-hetero) is 2. The summed E-state index contributed by atoms with van der Waals surface area (Å²) in [6.45, 7) is 13.3. The van der Waals surface area contributed by atoms with Crippen molar-refractivity contribution in [2.45, 2.75) is 137 Å². The molecule has 286 valence electrons. The summed E-state index contributed by atoms with van der Waals surface area (Å²) in [5.74, 6) is -1.20. The monoisotopic (exact) mass is 713 g/mol. The van der Waals surface area contributed by atoms with Crippen LogP contribution in [0, 0.1) is 23.7 Å². The Bertz CT molecular complexity index is 1280. The maximum atomic E-state index is 12.9. The zero-order valence-corrected chi connectivity index (χ0v) is 32.2. The van der Waals surface area contributed by atoms with E-state index in [1.807, 2.05) is 45.1 Å². The van der Waals surface area contributed by atoms with E-state index in [-0.39, 0.29) is 73.0 Å². The molecule has 2 saturated heterocycles. The lowest BCUT2D eigenvalue weighted by Gasteiger charge is -2.33. The number of carbonyl (C=O) groups excluding carboxylic acids is 5. The molecule has 1 amide bonds. The van der Waals surface area contributed by atoms with Crippen molar-refractivity contribution in [1.82, 2.24) is 4.90 Å². The van der Waals surface area contributed by atoms with Crippen LogP contribution in [0.2, 0.25) is 0 Å². The standard InChI is InChI=1S/C41H63NO9/c1-27(14-10-9-11-15-28(2)39(49-8)24-34-18-17-29(3)40(26-43)51-34)22-30(4)37(46)25-38(47)32(6)23-31(5)36(45)19-21-50-41(48)35-16-12-13-20-42(35)33(7)44/h9-11,14-15,23,26-27,29-31,34-35,38-40,47H,12-13,16-22,24-25H2,1-8H3/b11-9+,14-10+,28-15+,32-23+/t27-,29?,30?,31?,34?,35?,38?,39?,40?/m1/s1. The van der Waals surface area contributed by atoms with Crippen LogP contribution in [0.1, 0.15) is 106 Å². The van der Waals surface area contributed by atoms with E-state index in [9.17, 15) is 29.1 Å². The first kappa shape index (κ1) is 44.0. The van der Waals surface area contributed by atoms with Crippen molar-refractivity contribution >= 4 is 29.7 Å². The molecule has 0 bridgehead atoms. The number of rotatable bonds is 20. The van der Waals surface area contributed by atoms with Crippen LogP contribution < -0.4 is 0 Å². The highest BCUT2D eigenvalue weighted by Gasteiger charge is 2.32. The number of aldehydes is 1. The second-order valence-corrected chi connectivity index (χ2v) is 14.7. The maximum Gasteiger partial charge on any atom is 0.328 e. The molecule has 51 heavy (non-hydrogen) atoms. The fourth-order valence-electron chi connectivity index (χ4n) is 6.76. The lowest BCUT2D eigenvalue weighted by molar-refractivity contribution is -0.156. The number of piperidine rings is 1. The van der Waals surface area contributed by atoms with E-state index in [0.717, 1.165) is 37.5 Å². The van der Waals surface area contributed by atoms with Crippen LogP contribution in [0.5, 0.6) is 0 Å². The normalized spacial score (nSPS) is 24.9. The molecule has 10 nitrogen and oxygen atoms in total. The summed E-state index contributed by atoms with van der Waals surface area (Å²) in [5.41, 5.74) is 1.62. The molecule has 8 unspecified atom stereocenters. The van der Waals surface area contributed by atoms with Crippen LogP contribution >= 0.6 is 0 Å². The summed E-state index contributed by atoms with van der Waals surface area (Å²) in [6.07, 6.45) is 16.5. The molecule has 1 N–H and O–H groups in total. The molecular formula is C41H63NO9. The predicted molar refractivity (Wildman–Crippen MR) is 198 cm³/mol. The number of hydrogen-bond donors (Lipinski definition) is 1. The van der Waals surface area contributed by atoms with Crippen molar-refractivity contribution in [2.75, 3.05) is 20.3 Å². The first-order valence-electron chi connectivity index (χ1n) is 18.7. The third-order valence-electron chi connectivity index (χ3n) is 10.3. The average Bonchev–Trinajstić information content (AvgIpc) is 3.10. The molecular weight excluding hydrogens is 650 g/mol. The van der Waals surface area contributed by atoms with Crippen molar-refractivity contribution in [1.29, 1.82) is 0 Å². The quantitative estimate of drug-likeness (QED) is 0.0667. The van der Waals surface area contributed by atoms with E-state index in [2.05, 4.69) is 13.0 Å². The van der Waals surface area contributed by atoms with Gasteiger partial charge in [-0.2, -0.15) is 0 Å². The third kappa shape index (κ3) is 15.1. The van der Waals surface area contributed by atoms with Gasteiger partial charge in [0, 0.05) is 51.7 Å². The molecule has 0 spiro atoms. The van der Waals surface area contributed by atoms with E-state index in [4.69, 9.17) is 14.2 Å². The Kier molecular flexibility index (Phi) is 19.5.